The van der Waals surface area contributed by atoms with Crippen molar-refractivity contribution in [1.82, 2.24) is 0 Å². The number of carboxylic acid groups (broad SMARTS) is 1. The molecule has 2 atom stereocenters. The highest BCUT2D eigenvalue weighted by molar-refractivity contribution is 9.10. The van der Waals surface area contributed by atoms with Crippen LogP contribution in [0.5, 0.6) is 0 Å². The summed E-state index contributed by atoms with van der Waals surface area (Å²) in [4.78, 5) is 10.5. The highest BCUT2D eigenvalue weighted by Crippen LogP contribution is 2.31. The van der Waals surface area contributed by atoms with Gasteiger partial charge in [-0.1, -0.05) is 40.5 Å². The van der Waals surface area contributed by atoms with E-state index in [1.807, 2.05) is 0 Å². The predicted molar refractivity (Wildman–Crippen MR) is 65.5 cm³/mol. The van der Waals surface area contributed by atoms with Crippen LogP contribution in [0.2, 0.25) is 5.02 Å². The Bertz CT molecular complexity index is 395. The second kappa shape index (κ2) is 5.66. The van der Waals surface area contributed by atoms with E-state index in [-0.39, 0.29) is 12.3 Å². The van der Waals surface area contributed by atoms with Gasteiger partial charge in [0.25, 0.3) is 0 Å². The lowest BCUT2D eigenvalue weighted by Crippen LogP contribution is -2.14. The van der Waals surface area contributed by atoms with Crippen LogP contribution in [0.25, 0.3) is 0 Å². The highest BCUT2D eigenvalue weighted by atomic mass is 79.9. The van der Waals surface area contributed by atoms with Crippen LogP contribution in [0.4, 0.5) is 0 Å². The summed E-state index contributed by atoms with van der Waals surface area (Å²) in [5, 5.41) is 19.2. The van der Waals surface area contributed by atoms with Crippen molar-refractivity contribution < 1.29 is 15.0 Å². The zero-order valence-corrected chi connectivity index (χ0v) is 11.0. The van der Waals surface area contributed by atoms with Crippen molar-refractivity contribution in [3.8, 4) is 0 Å². The minimum absolute atomic E-state index is 0.0732. The molecular weight excluding hydrogens is 295 g/mol. The number of aliphatic carboxylic acids is 1. The number of halogens is 2. The van der Waals surface area contributed by atoms with Crippen molar-refractivity contribution in [3.63, 3.8) is 0 Å². The van der Waals surface area contributed by atoms with E-state index < -0.39 is 12.1 Å². The van der Waals surface area contributed by atoms with E-state index in [4.69, 9.17) is 16.7 Å². The van der Waals surface area contributed by atoms with E-state index in [1.54, 1.807) is 25.1 Å². The Morgan fingerprint density at radius 3 is 2.69 bits per heavy atom. The van der Waals surface area contributed by atoms with Gasteiger partial charge in [0, 0.05) is 9.50 Å². The monoisotopic (exact) mass is 306 g/mol. The second-order valence-corrected chi connectivity index (χ2v) is 4.98. The molecule has 0 saturated heterocycles. The molecule has 0 heterocycles. The van der Waals surface area contributed by atoms with Gasteiger partial charge < -0.3 is 10.2 Å². The van der Waals surface area contributed by atoms with Crippen molar-refractivity contribution in [3.05, 3.63) is 33.3 Å². The standard InChI is InChI=1S/C11H12BrClO3/c1-6(4-10(14)15)11(16)8-3-2-7(13)5-9(8)12/h2-3,5-6,11,16H,4H2,1H3,(H,14,15). The van der Waals surface area contributed by atoms with Gasteiger partial charge in [-0.3, -0.25) is 4.79 Å². The maximum absolute atomic E-state index is 10.5. The number of aliphatic hydroxyl groups excluding tert-OH is 1. The molecule has 0 fully saturated rings. The van der Waals surface area contributed by atoms with Crippen LogP contribution in [0.3, 0.4) is 0 Å². The SMILES string of the molecule is CC(CC(=O)O)C(O)c1ccc(Cl)cc1Br. The molecule has 0 aliphatic rings. The van der Waals surface area contributed by atoms with Crippen molar-refractivity contribution in [2.24, 2.45) is 5.92 Å². The topological polar surface area (TPSA) is 57.5 Å². The van der Waals surface area contributed by atoms with Crippen LogP contribution in [-0.2, 0) is 4.79 Å². The van der Waals surface area contributed by atoms with E-state index in [0.29, 0.717) is 15.1 Å². The molecule has 0 aromatic heterocycles. The van der Waals surface area contributed by atoms with Crippen LogP contribution in [0.15, 0.2) is 22.7 Å². The Balaban J connectivity index is 2.87. The maximum Gasteiger partial charge on any atom is 0.303 e. The normalized spacial score (nSPS) is 14.5. The summed E-state index contributed by atoms with van der Waals surface area (Å²) in [5.74, 6) is -1.27. The largest absolute Gasteiger partial charge is 0.481 e. The van der Waals surface area contributed by atoms with Crippen molar-refractivity contribution >= 4 is 33.5 Å². The Labute approximate surface area is 107 Å². The summed E-state index contributed by atoms with van der Waals surface area (Å²) in [7, 11) is 0. The van der Waals surface area contributed by atoms with Crippen molar-refractivity contribution in [1.29, 1.82) is 0 Å². The average molecular weight is 308 g/mol. The molecule has 0 aliphatic carbocycles. The van der Waals surface area contributed by atoms with Gasteiger partial charge in [-0.05, 0) is 23.6 Å². The predicted octanol–water partition coefficient (Wildman–Crippen LogP) is 3.25. The fourth-order valence-corrected chi connectivity index (χ4v) is 2.35. The summed E-state index contributed by atoms with van der Waals surface area (Å²) in [6.07, 6.45) is -0.890. The van der Waals surface area contributed by atoms with E-state index in [2.05, 4.69) is 15.9 Å². The Morgan fingerprint density at radius 2 is 2.19 bits per heavy atom. The first-order chi connectivity index (χ1) is 7.41. The molecule has 88 valence electrons. The molecule has 1 aromatic rings. The van der Waals surface area contributed by atoms with Gasteiger partial charge in [-0.2, -0.15) is 0 Å². The third-order valence-corrected chi connectivity index (χ3v) is 3.24. The van der Waals surface area contributed by atoms with Gasteiger partial charge in [-0.15, -0.1) is 0 Å². The lowest BCUT2D eigenvalue weighted by molar-refractivity contribution is -0.139. The zero-order chi connectivity index (χ0) is 12.3. The van der Waals surface area contributed by atoms with E-state index in [9.17, 15) is 9.90 Å². The quantitative estimate of drug-likeness (QED) is 0.898. The van der Waals surface area contributed by atoms with Gasteiger partial charge in [-0.25, -0.2) is 0 Å². The third kappa shape index (κ3) is 3.47. The molecule has 1 aromatic carbocycles. The Kier molecular flexibility index (Phi) is 4.77. The van der Waals surface area contributed by atoms with Crippen LogP contribution in [0, 0.1) is 5.92 Å². The molecule has 2 N–H and O–H groups in total. The maximum atomic E-state index is 10.5. The summed E-state index contributed by atoms with van der Waals surface area (Å²) in [5.41, 5.74) is 0.651. The first kappa shape index (κ1) is 13.5. The van der Waals surface area contributed by atoms with Crippen molar-refractivity contribution in [2.75, 3.05) is 0 Å². The summed E-state index contributed by atoms with van der Waals surface area (Å²) in [6.45, 7) is 1.69. The molecule has 16 heavy (non-hydrogen) atoms. The Morgan fingerprint density at radius 1 is 1.56 bits per heavy atom. The van der Waals surface area contributed by atoms with Crippen molar-refractivity contribution in [2.45, 2.75) is 19.4 Å². The molecule has 3 nitrogen and oxygen atoms in total. The first-order valence-corrected chi connectivity index (χ1v) is 5.93. The van der Waals surface area contributed by atoms with Crippen LogP contribution in [-0.4, -0.2) is 16.2 Å². The fraction of sp³-hybridized carbons (Fsp3) is 0.364. The molecule has 0 aliphatic heterocycles. The third-order valence-electron chi connectivity index (χ3n) is 2.32. The molecule has 5 heteroatoms. The van der Waals surface area contributed by atoms with Crippen LogP contribution in [0.1, 0.15) is 25.0 Å². The summed E-state index contributed by atoms with van der Waals surface area (Å²) >= 11 is 9.07. The van der Waals surface area contributed by atoms with Gasteiger partial charge in [0.05, 0.1) is 12.5 Å². The van der Waals surface area contributed by atoms with E-state index in [1.165, 1.54) is 0 Å². The molecule has 0 saturated carbocycles. The van der Waals surface area contributed by atoms with Gasteiger partial charge in [0.2, 0.25) is 0 Å². The van der Waals surface area contributed by atoms with Crippen LogP contribution < -0.4 is 0 Å². The molecule has 0 radical (unpaired) electrons. The van der Waals surface area contributed by atoms with Crippen LogP contribution >= 0.6 is 27.5 Å². The number of hydrogen-bond acceptors (Lipinski definition) is 2. The average Bonchev–Trinajstić information content (AvgIpc) is 2.15. The van der Waals surface area contributed by atoms with Gasteiger partial charge >= 0.3 is 5.97 Å². The Hall–Kier alpha value is -0.580. The van der Waals surface area contributed by atoms with Gasteiger partial charge in [0.15, 0.2) is 0 Å². The number of aliphatic hydroxyl groups is 1. The number of rotatable bonds is 4. The lowest BCUT2D eigenvalue weighted by Gasteiger charge is -2.18. The van der Waals surface area contributed by atoms with E-state index in [0.717, 1.165) is 0 Å². The minimum Gasteiger partial charge on any atom is -0.481 e. The zero-order valence-electron chi connectivity index (χ0n) is 8.65. The molecule has 1 rings (SSSR count). The van der Waals surface area contributed by atoms with Gasteiger partial charge in [0.1, 0.15) is 0 Å². The smallest absolute Gasteiger partial charge is 0.303 e. The first-order valence-electron chi connectivity index (χ1n) is 4.76. The summed E-state index contributed by atoms with van der Waals surface area (Å²) in [6, 6.07) is 5.03. The number of hydrogen-bond donors (Lipinski definition) is 2. The number of benzene rings is 1. The lowest BCUT2D eigenvalue weighted by atomic mass is 9.95. The van der Waals surface area contributed by atoms with E-state index >= 15 is 0 Å². The second-order valence-electron chi connectivity index (χ2n) is 3.69. The fourth-order valence-electron chi connectivity index (χ4n) is 1.43. The molecule has 0 spiro atoms. The highest BCUT2D eigenvalue weighted by Gasteiger charge is 2.21. The molecular formula is C11H12BrClO3. The number of carbonyl (C=O) groups is 1. The molecule has 0 amide bonds. The summed E-state index contributed by atoms with van der Waals surface area (Å²) < 4.78 is 0.685. The number of carboxylic acids is 1. The minimum atomic E-state index is -0.920. The molecule has 0 bridgehead atoms. The molecule has 2 unspecified atom stereocenters.